The molecule has 14 heteroatoms. The predicted octanol–water partition coefficient (Wildman–Crippen LogP) is 3.17. The van der Waals surface area contributed by atoms with Crippen molar-refractivity contribution in [2.45, 2.75) is 25.2 Å². The molecule has 0 aliphatic rings. The number of aromatic amines is 1. The molecule has 4 heterocycles. The molecule has 3 unspecified atom stereocenters. The standard InChI is InChI=1S/C25H27N9O4S/c1-14-11-27-23(28-12-14)22(38-5)15(2)39(35)33-25-32-31-24(20-19-16(9-10-26-19)29-13-30-20)34(25)21-17(36-3)7-6-8-18(21)37-4/h6-13,15,22,26H,1-5H3,(H,32,33). The van der Waals surface area contributed by atoms with Crippen LogP contribution in [0.4, 0.5) is 5.95 Å². The quantitative estimate of drug-likeness (QED) is 0.265. The highest BCUT2D eigenvalue weighted by Crippen LogP contribution is 2.38. The van der Waals surface area contributed by atoms with Crippen LogP contribution < -0.4 is 14.2 Å². The maximum Gasteiger partial charge on any atom is 0.241 e. The molecule has 0 spiro atoms. The van der Waals surface area contributed by atoms with Crippen molar-refractivity contribution in [3.63, 3.8) is 0 Å². The van der Waals surface area contributed by atoms with Crippen LogP contribution in [0.2, 0.25) is 0 Å². The molecule has 5 rings (SSSR count). The van der Waals surface area contributed by atoms with Crippen LogP contribution in [0.5, 0.6) is 11.5 Å². The van der Waals surface area contributed by atoms with E-state index in [1.165, 1.54) is 13.4 Å². The van der Waals surface area contributed by atoms with Gasteiger partial charge in [0.25, 0.3) is 0 Å². The van der Waals surface area contributed by atoms with Gasteiger partial charge in [-0.2, -0.15) is 0 Å². The summed E-state index contributed by atoms with van der Waals surface area (Å²) in [5, 5.41) is 8.21. The summed E-state index contributed by atoms with van der Waals surface area (Å²) in [6, 6.07) is 7.20. The van der Waals surface area contributed by atoms with E-state index in [9.17, 15) is 4.21 Å². The largest absolute Gasteiger partial charge is 0.494 e. The molecule has 39 heavy (non-hydrogen) atoms. The number of ether oxygens (including phenoxy) is 3. The van der Waals surface area contributed by atoms with E-state index < -0.39 is 22.3 Å². The molecule has 0 radical (unpaired) electrons. The summed E-state index contributed by atoms with van der Waals surface area (Å²) < 4.78 is 35.3. The summed E-state index contributed by atoms with van der Waals surface area (Å²) in [5.74, 6) is 1.92. The molecule has 0 amide bonds. The van der Waals surface area contributed by atoms with Crippen molar-refractivity contribution < 1.29 is 18.4 Å². The third-order valence-corrected chi connectivity index (χ3v) is 7.42. The van der Waals surface area contributed by atoms with Crippen LogP contribution in [0.15, 0.2) is 49.2 Å². The Morgan fingerprint density at radius 1 is 1.00 bits per heavy atom. The van der Waals surface area contributed by atoms with Crippen LogP contribution >= 0.6 is 0 Å². The van der Waals surface area contributed by atoms with Crippen molar-refractivity contribution >= 4 is 28.0 Å². The first kappa shape index (κ1) is 26.2. The first-order valence-electron chi connectivity index (χ1n) is 11.9. The number of H-pyrrole nitrogens is 1. The highest BCUT2D eigenvalue weighted by molar-refractivity contribution is 7.87. The zero-order valence-corrected chi connectivity index (χ0v) is 22.8. The predicted molar refractivity (Wildman–Crippen MR) is 145 cm³/mol. The van der Waals surface area contributed by atoms with Crippen LogP contribution in [0.3, 0.4) is 0 Å². The highest BCUT2D eigenvalue weighted by atomic mass is 32.2. The van der Waals surface area contributed by atoms with Crippen molar-refractivity contribution in [3.05, 3.63) is 60.6 Å². The zero-order valence-electron chi connectivity index (χ0n) is 21.9. The fraction of sp³-hybridized carbons (Fsp3) is 0.280. The Hall–Kier alpha value is -4.43. The molecular formula is C25H27N9O4S. The minimum atomic E-state index is -1.72. The number of hydrogen-bond donors (Lipinski definition) is 2. The fourth-order valence-corrected chi connectivity index (χ4v) is 5.12. The Morgan fingerprint density at radius 2 is 1.72 bits per heavy atom. The molecule has 2 N–H and O–H groups in total. The maximum absolute atomic E-state index is 13.7. The zero-order chi connectivity index (χ0) is 27.5. The number of nitrogens with zero attached hydrogens (tertiary/aromatic N) is 7. The van der Waals surface area contributed by atoms with Gasteiger partial charge in [-0.05, 0) is 37.6 Å². The molecule has 0 aliphatic carbocycles. The maximum atomic E-state index is 13.7. The molecule has 1 aromatic carbocycles. The van der Waals surface area contributed by atoms with Gasteiger partial charge in [0.2, 0.25) is 5.95 Å². The number of benzene rings is 1. The third kappa shape index (κ3) is 4.91. The summed E-state index contributed by atoms with van der Waals surface area (Å²) in [7, 11) is 2.91. The summed E-state index contributed by atoms with van der Waals surface area (Å²) in [4.78, 5) is 20.6. The highest BCUT2D eigenvalue weighted by Gasteiger charge is 2.30. The van der Waals surface area contributed by atoms with E-state index in [0.29, 0.717) is 45.6 Å². The SMILES string of the molecule is COc1cccc(OC)c1-n1c(NS(=O)C(C)C(OC)c2ncc(C)cn2)nnc1-c1ncnc2cc[nH]c12. The Morgan fingerprint density at radius 3 is 2.38 bits per heavy atom. The van der Waals surface area contributed by atoms with Crippen LogP contribution in [-0.4, -0.2) is 70.5 Å². The van der Waals surface area contributed by atoms with Gasteiger partial charge in [0, 0.05) is 25.7 Å². The molecule has 0 fully saturated rings. The first-order chi connectivity index (χ1) is 19.0. The van der Waals surface area contributed by atoms with E-state index in [-0.39, 0.29) is 5.95 Å². The Kier molecular flexibility index (Phi) is 7.47. The lowest BCUT2D eigenvalue weighted by molar-refractivity contribution is 0.0961. The number of fused-ring (bicyclic) bond motifs is 1. The van der Waals surface area contributed by atoms with Gasteiger partial charge in [-0.25, -0.2) is 24.1 Å². The van der Waals surface area contributed by atoms with E-state index in [1.807, 2.05) is 13.0 Å². The van der Waals surface area contributed by atoms with Gasteiger partial charge in [0.15, 0.2) is 11.6 Å². The second-order valence-electron chi connectivity index (χ2n) is 8.53. The molecular weight excluding hydrogens is 522 g/mol. The number of hydrogen-bond acceptors (Lipinski definition) is 10. The topological polar surface area (TPSA) is 155 Å². The van der Waals surface area contributed by atoms with Crippen LogP contribution in [0.1, 0.15) is 24.4 Å². The van der Waals surface area contributed by atoms with Crippen molar-refractivity contribution in [1.82, 2.24) is 39.7 Å². The molecule has 0 saturated carbocycles. The van der Waals surface area contributed by atoms with Gasteiger partial charge in [-0.3, -0.25) is 9.29 Å². The molecule has 13 nitrogen and oxygen atoms in total. The number of methoxy groups -OCH3 is 3. The average Bonchev–Trinajstić information content (AvgIpc) is 3.61. The lowest BCUT2D eigenvalue weighted by Crippen LogP contribution is -2.28. The van der Waals surface area contributed by atoms with Crippen LogP contribution in [0, 0.1) is 6.92 Å². The Bertz CT molecular complexity index is 1600. The minimum absolute atomic E-state index is 0.177. The van der Waals surface area contributed by atoms with E-state index in [4.69, 9.17) is 14.2 Å². The van der Waals surface area contributed by atoms with Crippen molar-refractivity contribution in [1.29, 1.82) is 0 Å². The number of rotatable bonds is 10. The Labute approximate surface area is 226 Å². The lowest BCUT2D eigenvalue weighted by atomic mass is 10.2. The van der Waals surface area contributed by atoms with Crippen LogP contribution in [0.25, 0.3) is 28.2 Å². The number of para-hydroxylation sites is 1. The molecule has 4 aromatic heterocycles. The van der Waals surface area contributed by atoms with Gasteiger partial charge < -0.3 is 19.2 Å². The summed E-state index contributed by atoms with van der Waals surface area (Å²) in [6.07, 6.45) is 5.95. The second-order valence-corrected chi connectivity index (χ2v) is 10.1. The number of aromatic nitrogens is 8. The lowest BCUT2D eigenvalue weighted by Gasteiger charge is -2.22. The second kappa shape index (κ2) is 11.1. The minimum Gasteiger partial charge on any atom is -0.494 e. The summed E-state index contributed by atoms with van der Waals surface area (Å²) in [6.45, 7) is 3.67. The fourth-order valence-electron chi connectivity index (χ4n) is 4.16. The van der Waals surface area contributed by atoms with Crippen molar-refractivity contribution in [2.24, 2.45) is 0 Å². The van der Waals surface area contributed by atoms with Gasteiger partial charge >= 0.3 is 0 Å². The van der Waals surface area contributed by atoms with E-state index >= 15 is 0 Å². The summed E-state index contributed by atoms with van der Waals surface area (Å²) >= 11 is 0. The number of nitrogens with one attached hydrogen (secondary N) is 2. The summed E-state index contributed by atoms with van der Waals surface area (Å²) in [5.41, 5.74) is 3.26. The van der Waals surface area contributed by atoms with Gasteiger partial charge in [-0.1, -0.05) is 6.07 Å². The van der Waals surface area contributed by atoms with E-state index in [0.717, 1.165) is 5.56 Å². The molecule has 0 bridgehead atoms. The van der Waals surface area contributed by atoms with Gasteiger partial charge in [0.1, 0.15) is 46.3 Å². The molecule has 0 saturated heterocycles. The number of anilines is 1. The third-order valence-electron chi connectivity index (χ3n) is 6.11. The van der Waals surface area contributed by atoms with Gasteiger partial charge in [-0.15, -0.1) is 10.2 Å². The van der Waals surface area contributed by atoms with E-state index in [1.54, 1.807) is 62.5 Å². The van der Waals surface area contributed by atoms with Crippen LogP contribution in [-0.2, 0) is 15.7 Å². The van der Waals surface area contributed by atoms with E-state index in [2.05, 4.69) is 39.8 Å². The monoisotopic (exact) mass is 549 g/mol. The van der Waals surface area contributed by atoms with Crippen molar-refractivity contribution in [3.8, 4) is 28.7 Å². The first-order valence-corrected chi connectivity index (χ1v) is 13.1. The smallest absolute Gasteiger partial charge is 0.241 e. The Balaban J connectivity index is 1.62. The molecule has 202 valence electrons. The number of aryl methyl sites for hydroxylation is 1. The molecule has 0 aliphatic heterocycles. The molecule has 3 atom stereocenters. The van der Waals surface area contributed by atoms with Crippen molar-refractivity contribution in [2.75, 3.05) is 26.1 Å². The molecule has 5 aromatic rings. The average molecular weight is 550 g/mol. The normalized spacial score (nSPS) is 13.7. The van der Waals surface area contributed by atoms with Gasteiger partial charge in [0.05, 0.1) is 30.5 Å².